The van der Waals surface area contributed by atoms with E-state index >= 15 is 0 Å². The fraction of sp³-hybridized carbons (Fsp3) is 0.333. The number of guanidine groups is 1. The molecular weight excluding hydrogens is 386 g/mol. The maximum atomic E-state index is 12.7. The predicted molar refractivity (Wildman–Crippen MR) is 112 cm³/mol. The molecule has 3 aliphatic rings. The van der Waals surface area contributed by atoms with Gasteiger partial charge in [-0.15, -0.1) is 0 Å². The summed E-state index contributed by atoms with van der Waals surface area (Å²) in [5.74, 6) is 0.0659. The first-order chi connectivity index (χ1) is 14.6. The smallest absolute Gasteiger partial charge is 0.401 e. The van der Waals surface area contributed by atoms with Crippen LogP contribution < -0.4 is 9.80 Å². The van der Waals surface area contributed by atoms with E-state index in [1.54, 1.807) is 0 Å². The maximum Gasteiger partial charge on any atom is 0.433 e. The van der Waals surface area contributed by atoms with E-state index in [-0.39, 0.29) is 17.6 Å². The van der Waals surface area contributed by atoms with Crippen molar-refractivity contribution in [1.82, 2.24) is 4.90 Å². The number of nitro groups is 1. The zero-order valence-electron chi connectivity index (χ0n) is 16.4. The van der Waals surface area contributed by atoms with Crippen LogP contribution in [-0.4, -0.2) is 47.9 Å². The second-order valence-corrected chi connectivity index (χ2v) is 7.56. The maximum absolute atomic E-state index is 12.7. The van der Waals surface area contributed by atoms with Crippen molar-refractivity contribution in [2.45, 2.75) is 19.3 Å². The molecule has 2 aromatic rings. The van der Waals surface area contributed by atoms with Crippen molar-refractivity contribution in [2.24, 2.45) is 4.99 Å². The highest BCUT2D eigenvalue weighted by Crippen LogP contribution is 2.42. The molecule has 0 N–H and O–H groups in total. The highest BCUT2D eigenvalue weighted by atomic mass is 16.6. The molecule has 30 heavy (non-hydrogen) atoms. The topological polar surface area (TPSA) is 95.4 Å². The van der Waals surface area contributed by atoms with Crippen molar-refractivity contribution in [2.75, 3.05) is 36.0 Å². The second-order valence-electron chi connectivity index (χ2n) is 7.56. The van der Waals surface area contributed by atoms with Crippen LogP contribution in [0, 0.1) is 10.1 Å². The molecule has 9 nitrogen and oxygen atoms in total. The zero-order chi connectivity index (χ0) is 20.7. The minimum atomic E-state index is -0.603. The van der Waals surface area contributed by atoms with E-state index in [0.717, 1.165) is 37.6 Å². The first-order valence-corrected chi connectivity index (χ1v) is 10.1. The minimum Gasteiger partial charge on any atom is -0.401 e. The molecule has 0 radical (unpaired) electrons. The van der Waals surface area contributed by atoms with Gasteiger partial charge in [0.2, 0.25) is 5.96 Å². The molecule has 0 unspecified atom stereocenters. The average molecular weight is 407 g/mol. The predicted octanol–water partition coefficient (Wildman–Crippen LogP) is 3.24. The first-order valence-electron chi connectivity index (χ1n) is 10.1. The Morgan fingerprint density at radius 1 is 1.07 bits per heavy atom. The van der Waals surface area contributed by atoms with Crippen LogP contribution in [0.5, 0.6) is 0 Å². The second kappa shape index (κ2) is 7.42. The number of carbonyl (C=O) groups excluding carboxylic acids is 1. The Morgan fingerprint density at radius 3 is 2.57 bits per heavy atom. The third-order valence-corrected chi connectivity index (χ3v) is 5.68. The number of anilines is 2. The number of hydrogen-bond donors (Lipinski definition) is 0. The number of carbonyl (C=O) groups is 1. The normalized spacial score (nSPS) is 19.9. The Hall–Kier alpha value is -3.46. The van der Waals surface area contributed by atoms with Gasteiger partial charge in [-0.05, 0) is 44.1 Å². The van der Waals surface area contributed by atoms with E-state index in [4.69, 9.17) is 4.42 Å². The third-order valence-electron chi connectivity index (χ3n) is 5.68. The van der Waals surface area contributed by atoms with Crippen molar-refractivity contribution < 1.29 is 14.1 Å². The van der Waals surface area contributed by atoms with Gasteiger partial charge in [-0.25, -0.2) is 0 Å². The number of para-hydroxylation sites is 2. The zero-order valence-corrected chi connectivity index (χ0v) is 16.4. The first kappa shape index (κ1) is 18.6. The number of nitrogens with zero attached hydrogens (tertiary/aromatic N) is 5. The summed E-state index contributed by atoms with van der Waals surface area (Å²) in [5, 5.41) is 10.9. The largest absolute Gasteiger partial charge is 0.433 e. The van der Waals surface area contributed by atoms with E-state index in [0.29, 0.717) is 11.7 Å². The lowest BCUT2D eigenvalue weighted by Crippen LogP contribution is -2.41. The van der Waals surface area contributed by atoms with Crippen LogP contribution in [0.2, 0.25) is 0 Å². The summed E-state index contributed by atoms with van der Waals surface area (Å²) in [6, 6.07) is 10.6. The molecule has 1 amide bonds. The standard InChI is InChI=1S/C21H21N5O4/c27-20-18(14-15-8-9-19(30-15)26(28)29)25-17-7-3-2-6-16(17)24(21(25)22-20)13-12-23-10-4-1-5-11-23/h2-3,6-9,14H,1,4-5,10-13H2. The molecule has 0 atom stereocenters. The van der Waals surface area contributed by atoms with Crippen molar-refractivity contribution >= 4 is 35.2 Å². The average Bonchev–Trinajstić information content (AvgIpc) is 3.42. The summed E-state index contributed by atoms with van der Waals surface area (Å²) in [7, 11) is 0. The molecule has 5 rings (SSSR count). The fourth-order valence-corrected chi connectivity index (χ4v) is 4.23. The van der Waals surface area contributed by atoms with E-state index in [1.807, 2.05) is 29.2 Å². The Kier molecular flexibility index (Phi) is 4.59. The van der Waals surface area contributed by atoms with Crippen LogP contribution in [0.15, 0.2) is 51.5 Å². The highest BCUT2D eigenvalue weighted by molar-refractivity contribution is 6.31. The van der Waals surface area contributed by atoms with Crippen LogP contribution in [0.25, 0.3) is 6.08 Å². The van der Waals surface area contributed by atoms with E-state index in [1.165, 1.54) is 37.5 Å². The van der Waals surface area contributed by atoms with Gasteiger partial charge in [-0.1, -0.05) is 18.6 Å². The molecule has 4 heterocycles. The molecule has 0 saturated carbocycles. The van der Waals surface area contributed by atoms with Crippen molar-refractivity contribution in [3.05, 3.63) is 58.0 Å². The van der Waals surface area contributed by atoms with Crippen LogP contribution in [0.1, 0.15) is 25.0 Å². The van der Waals surface area contributed by atoms with Crippen LogP contribution in [0.3, 0.4) is 0 Å². The number of fused-ring (bicyclic) bond motifs is 3. The Morgan fingerprint density at radius 2 is 1.83 bits per heavy atom. The van der Waals surface area contributed by atoms with Gasteiger partial charge in [0.25, 0.3) is 5.91 Å². The van der Waals surface area contributed by atoms with Gasteiger partial charge in [0.1, 0.15) is 16.4 Å². The number of aliphatic imine (C=N–C) groups is 1. The summed E-state index contributed by atoms with van der Waals surface area (Å²) in [6.45, 7) is 3.85. The number of furan rings is 1. The molecule has 1 aromatic carbocycles. The van der Waals surface area contributed by atoms with Gasteiger partial charge >= 0.3 is 5.88 Å². The van der Waals surface area contributed by atoms with Gasteiger partial charge in [0.15, 0.2) is 0 Å². The number of piperidine rings is 1. The lowest BCUT2D eigenvalue weighted by molar-refractivity contribution is -0.402. The van der Waals surface area contributed by atoms with Gasteiger partial charge in [0.05, 0.1) is 17.4 Å². The monoisotopic (exact) mass is 407 g/mol. The van der Waals surface area contributed by atoms with E-state index in [2.05, 4.69) is 14.8 Å². The third kappa shape index (κ3) is 3.17. The molecule has 0 bridgehead atoms. The van der Waals surface area contributed by atoms with Gasteiger partial charge in [0, 0.05) is 19.2 Å². The van der Waals surface area contributed by atoms with Crippen molar-refractivity contribution in [3.63, 3.8) is 0 Å². The van der Waals surface area contributed by atoms with Crippen LogP contribution >= 0.6 is 0 Å². The number of amides is 1. The number of likely N-dealkylation sites (tertiary alicyclic amines) is 1. The SMILES string of the molecule is O=C1N=C2N(CCN3CCCCC3)c3ccccc3N2C1=Cc1ccc([N+](=O)[O-])o1. The molecule has 1 saturated heterocycles. The van der Waals surface area contributed by atoms with Crippen LogP contribution in [-0.2, 0) is 4.79 Å². The van der Waals surface area contributed by atoms with Gasteiger partial charge < -0.3 is 14.2 Å². The summed E-state index contributed by atoms with van der Waals surface area (Å²) in [4.78, 5) is 33.6. The molecule has 0 aliphatic carbocycles. The quantitative estimate of drug-likeness (QED) is 0.426. The molecule has 3 aliphatic heterocycles. The molecule has 0 spiro atoms. The lowest BCUT2D eigenvalue weighted by Gasteiger charge is -2.29. The lowest BCUT2D eigenvalue weighted by atomic mass is 10.1. The Balaban J connectivity index is 1.45. The molecule has 154 valence electrons. The fourth-order valence-electron chi connectivity index (χ4n) is 4.23. The molecular formula is C21H21N5O4. The number of hydrogen-bond acceptors (Lipinski definition) is 7. The van der Waals surface area contributed by atoms with Crippen molar-refractivity contribution in [3.8, 4) is 0 Å². The summed E-state index contributed by atoms with van der Waals surface area (Å²) < 4.78 is 5.22. The Bertz CT molecular complexity index is 1070. The summed E-state index contributed by atoms with van der Waals surface area (Å²) in [5.41, 5.74) is 2.19. The van der Waals surface area contributed by atoms with Crippen molar-refractivity contribution in [1.29, 1.82) is 0 Å². The van der Waals surface area contributed by atoms with Gasteiger partial charge in [-0.3, -0.25) is 19.8 Å². The minimum absolute atomic E-state index is 0.241. The van der Waals surface area contributed by atoms with Crippen LogP contribution in [0.4, 0.5) is 17.3 Å². The number of rotatable bonds is 5. The van der Waals surface area contributed by atoms with E-state index in [9.17, 15) is 14.9 Å². The summed E-state index contributed by atoms with van der Waals surface area (Å²) in [6.07, 6.45) is 5.25. The van der Waals surface area contributed by atoms with Gasteiger partial charge in [-0.2, -0.15) is 4.99 Å². The van der Waals surface area contributed by atoms with E-state index < -0.39 is 4.92 Å². The molecule has 1 fully saturated rings. The molecule has 9 heteroatoms. The Labute approximate surface area is 173 Å². The number of benzene rings is 1. The molecule has 1 aromatic heterocycles. The summed E-state index contributed by atoms with van der Waals surface area (Å²) >= 11 is 0. The highest BCUT2D eigenvalue weighted by Gasteiger charge is 2.42.